The molecule has 7 heteroatoms. The van der Waals surface area contributed by atoms with Crippen LogP contribution < -0.4 is 0 Å². The van der Waals surface area contributed by atoms with Crippen molar-refractivity contribution in [1.82, 2.24) is 4.90 Å². The van der Waals surface area contributed by atoms with Crippen LogP contribution in [0, 0.1) is 5.82 Å². The van der Waals surface area contributed by atoms with Gasteiger partial charge in [-0.2, -0.15) is 0 Å². The van der Waals surface area contributed by atoms with Gasteiger partial charge in [-0.15, -0.1) is 0 Å². The van der Waals surface area contributed by atoms with Crippen LogP contribution in [0.2, 0.25) is 10.0 Å². The van der Waals surface area contributed by atoms with Gasteiger partial charge in [-0.3, -0.25) is 9.89 Å². The third-order valence-corrected chi connectivity index (χ3v) is 4.81. The summed E-state index contributed by atoms with van der Waals surface area (Å²) in [5, 5.41) is 10.6. The molecule has 0 amide bonds. The van der Waals surface area contributed by atoms with Gasteiger partial charge in [0.05, 0.1) is 30.8 Å². The minimum absolute atomic E-state index is 0.00690. The number of phenols is 1. The quantitative estimate of drug-likeness (QED) is 0.764. The Balaban J connectivity index is 1.80. The number of phenolic OH excluding ortho intramolecular Hbond substituents is 1. The average Bonchev–Trinajstić information content (AvgIpc) is 2.64. The molecule has 0 aromatic heterocycles. The molecule has 1 aliphatic rings. The summed E-state index contributed by atoms with van der Waals surface area (Å²) in [5.41, 5.74) is 1.45. The van der Waals surface area contributed by atoms with E-state index in [2.05, 4.69) is 9.89 Å². The Hall–Kier alpha value is -1.66. The number of benzene rings is 2. The molecule has 0 bridgehead atoms. The fraction of sp³-hybridized carbons (Fsp3) is 0.316. The summed E-state index contributed by atoms with van der Waals surface area (Å²) in [6.07, 6.45) is 1.56. The Morgan fingerprint density at radius 2 is 1.88 bits per heavy atom. The first-order valence-corrected chi connectivity index (χ1v) is 9.05. The van der Waals surface area contributed by atoms with Crippen LogP contribution in [-0.2, 0) is 4.74 Å². The maximum absolute atomic E-state index is 13.3. The van der Waals surface area contributed by atoms with E-state index in [1.54, 1.807) is 24.4 Å². The number of rotatable bonds is 5. The van der Waals surface area contributed by atoms with Gasteiger partial charge in [-0.25, -0.2) is 4.39 Å². The second kappa shape index (κ2) is 8.82. The molecule has 1 saturated heterocycles. The molecule has 1 N–H and O–H groups in total. The summed E-state index contributed by atoms with van der Waals surface area (Å²) in [4.78, 5) is 6.74. The van der Waals surface area contributed by atoms with Crippen LogP contribution >= 0.6 is 23.2 Å². The van der Waals surface area contributed by atoms with E-state index in [-0.39, 0.29) is 22.6 Å². The summed E-state index contributed by atoms with van der Waals surface area (Å²) in [6, 6.07) is 9.54. The molecule has 1 fully saturated rings. The fourth-order valence-electron chi connectivity index (χ4n) is 2.94. The lowest BCUT2D eigenvalue weighted by Gasteiger charge is -2.34. The maximum Gasteiger partial charge on any atom is 0.143 e. The third-order valence-electron chi connectivity index (χ3n) is 4.31. The molecule has 3 rings (SSSR count). The van der Waals surface area contributed by atoms with Crippen molar-refractivity contribution in [2.45, 2.75) is 6.04 Å². The van der Waals surface area contributed by atoms with Gasteiger partial charge in [0.15, 0.2) is 0 Å². The van der Waals surface area contributed by atoms with E-state index in [0.717, 1.165) is 18.7 Å². The number of aliphatic imine (C=N–C) groups is 1. The zero-order valence-corrected chi connectivity index (χ0v) is 15.5. The van der Waals surface area contributed by atoms with Crippen LogP contribution in [0.15, 0.2) is 41.4 Å². The lowest BCUT2D eigenvalue weighted by atomic mass is 10.0. The van der Waals surface area contributed by atoms with E-state index in [1.807, 2.05) is 0 Å². The fourth-order valence-corrected chi connectivity index (χ4v) is 3.45. The molecular weight excluding hydrogens is 378 g/mol. The molecule has 0 radical (unpaired) electrons. The molecule has 0 spiro atoms. The molecule has 0 saturated carbocycles. The van der Waals surface area contributed by atoms with Crippen molar-refractivity contribution >= 4 is 29.4 Å². The first-order chi connectivity index (χ1) is 12.5. The lowest BCUT2D eigenvalue weighted by molar-refractivity contribution is 0.0180. The first kappa shape index (κ1) is 19.1. The summed E-state index contributed by atoms with van der Waals surface area (Å²) < 4.78 is 18.7. The van der Waals surface area contributed by atoms with Crippen LogP contribution in [0.4, 0.5) is 4.39 Å². The number of nitrogens with zero attached hydrogens (tertiary/aromatic N) is 2. The monoisotopic (exact) mass is 396 g/mol. The van der Waals surface area contributed by atoms with Crippen molar-refractivity contribution in [3.05, 3.63) is 63.4 Å². The van der Waals surface area contributed by atoms with Gasteiger partial charge < -0.3 is 9.84 Å². The van der Waals surface area contributed by atoms with E-state index >= 15 is 0 Å². The predicted octanol–water partition coefficient (Wildman–Crippen LogP) is 4.33. The Kier molecular flexibility index (Phi) is 6.48. The zero-order valence-electron chi connectivity index (χ0n) is 14.0. The van der Waals surface area contributed by atoms with Crippen molar-refractivity contribution in [3.63, 3.8) is 0 Å². The second-order valence-electron chi connectivity index (χ2n) is 6.04. The normalized spacial score (nSPS) is 16.9. The van der Waals surface area contributed by atoms with E-state index in [1.165, 1.54) is 18.2 Å². The molecule has 1 aliphatic heterocycles. The van der Waals surface area contributed by atoms with Gasteiger partial charge in [0, 0.05) is 29.9 Å². The van der Waals surface area contributed by atoms with Crippen molar-refractivity contribution in [2.24, 2.45) is 4.99 Å². The minimum atomic E-state index is -0.267. The molecule has 1 atom stereocenters. The number of halogens is 3. The summed E-state index contributed by atoms with van der Waals surface area (Å²) in [6.45, 7) is 3.34. The van der Waals surface area contributed by atoms with Crippen LogP contribution in [0.1, 0.15) is 17.2 Å². The maximum atomic E-state index is 13.3. The van der Waals surface area contributed by atoms with Crippen LogP contribution in [-0.4, -0.2) is 49.1 Å². The van der Waals surface area contributed by atoms with Gasteiger partial charge in [-0.05, 0) is 29.8 Å². The number of ether oxygens (including phenoxy) is 1. The molecule has 2 aromatic carbocycles. The Morgan fingerprint density at radius 3 is 2.58 bits per heavy atom. The van der Waals surface area contributed by atoms with E-state index in [0.29, 0.717) is 30.3 Å². The molecule has 26 heavy (non-hydrogen) atoms. The van der Waals surface area contributed by atoms with Gasteiger partial charge in [-0.1, -0.05) is 35.3 Å². The molecule has 4 nitrogen and oxygen atoms in total. The van der Waals surface area contributed by atoms with E-state index in [4.69, 9.17) is 27.9 Å². The Labute approximate surface area is 161 Å². The second-order valence-corrected chi connectivity index (χ2v) is 6.88. The van der Waals surface area contributed by atoms with Crippen molar-refractivity contribution < 1.29 is 14.2 Å². The van der Waals surface area contributed by atoms with Crippen LogP contribution in [0.3, 0.4) is 0 Å². The average molecular weight is 397 g/mol. The minimum Gasteiger partial charge on any atom is -0.506 e. The highest BCUT2D eigenvalue weighted by atomic mass is 35.5. The predicted molar refractivity (Wildman–Crippen MR) is 102 cm³/mol. The highest BCUT2D eigenvalue weighted by Gasteiger charge is 2.22. The number of hydrogen-bond donors (Lipinski definition) is 1. The van der Waals surface area contributed by atoms with Crippen molar-refractivity contribution in [2.75, 3.05) is 32.8 Å². The lowest BCUT2D eigenvalue weighted by Crippen LogP contribution is -2.40. The highest BCUT2D eigenvalue weighted by Crippen LogP contribution is 2.30. The number of hydrogen-bond acceptors (Lipinski definition) is 4. The van der Waals surface area contributed by atoms with Crippen LogP contribution in [0.25, 0.3) is 0 Å². The van der Waals surface area contributed by atoms with Crippen molar-refractivity contribution in [3.8, 4) is 5.75 Å². The first-order valence-electron chi connectivity index (χ1n) is 8.29. The molecule has 0 aliphatic carbocycles. The largest absolute Gasteiger partial charge is 0.506 e. The SMILES string of the molecule is Oc1c(Cl)cc(Cl)cc1C=NC[C@@H](c1ccc(F)cc1)N1CCOCC1. The smallest absolute Gasteiger partial charge is 0.143 e. The molecule has 2 aromatic rings. The standard InChI is InChI=1S/C19H19Cl2FN2O2/c20-15-9-14(19(25)17(21)10-15)11-23-12-18(24-5-7-26-8-6-24)13-1-3-16(22)4-2-13/h1-4,9-11,18,25H,5-8,12H2/t18-/m0/s1. The topological polar surface area (TPSA) is 45.1 Å². The van der Waals surface area contributed by atoms with Gasteiger partial charge >= 0.3 is 0 Å². The van der Waals surface area contributed by atoms with Crippen LogP contribution in [0.5, 0.6) is 5.75 Å². The summed E-state index contributed by atoms with van der Waals surface area (Å²) in [5.74, 6) is -0.319. The van der Waals surface area contributed by atoms with Gasteiger partial charge in [0.25, 0.3) is 0 Å². The Morgan fingerprint density at radius 1 is 1.19 bits per heavy atom. The molecule has 138 valence electrons. The Bertz CT molecular complexity index is 778. The van der Waals surface area contributed by atoms with Gasteiger partial charge in [0.2, 0.25) is 0 Å². The molecule has 1 heterocycles. The zero-order chi connectivity index (χ0) is 18.5. The summed E-state index contributed by atoms with van der Waals surface area (Å²) in [7, 11) is 0. The number of morpholine rings is 1. The van der Waals surface area contributed by atoms with Gasteiger partial charge in [0.1, 0.15) is 11.6 Å². The molecular formula is C19H19Cl2FN2O2. The highest BCUT2D eigenvalue weighted by molar-refractivity contribution is 6.36. The van der Waals surface area contributed by atoms with E-state index in [9.17, 15) is 9.50 Å². The molecule has 0 unspecified atom stereocenters. The summed E-state index contributed by atoms with van der Waals surface area (Å²) >= 11 is 11.9. The number of aromatic hydroxyl groups is 1. The third kappa shape index (κ3) is 4.74. The van der Waals surface area contributed by atoms with Crippen molar-refractivity contribution in [1.29, 1.82) is 0 Å². The van der Waals surface area contributed by atoms with E-state index < -0.39 is 0 Å².